The van der Waals surface area contributed by atoms with Crippen LogP contribution >= 0.6 is 11.6 Å². The average molecular weight is 306 g/mol. The number of phenols is 1. The van der Waals surface area contributed by atoms with Gasteiger partial charge in [0.1, 0.15) is 5.75 Å². The van der Waals surface area contributed by atoms with Gasteiger partial charge in [0.2, 0.25) is 6.79 Å². The molecule has 1 amide bonds. The zero-order valence-electron chi connectivity index (χ0n) is 11.1. The van der Waals surface area contributed by atoms with Crippen molar-refractivity contribution in [2.75, 3.05) is 12.1 Å². The van der Waals surface area contributed by atoms with Gasteiger partial charge >= 0.3 is 0 Å². The number of anilines is 1. The summed E-state index contributed by atoms with van der Waals surface area (Å²) in [5.74, 6) is 0.483. The van der Waals surface area contributed by atoms with Gasteiger partial charge in [-0.1, -0.05) is 17.7 Å². The Morgan fingerprint density at radius 3 is 2.86 bits per heavy atom. The molecule has 0 aliphatic carbocycles. The van der Waals surface area contributed by atoms with Gasteiger partial charge in [0.25, 0.3) is 5.91 Å². The van der Waals surface area contributed by atoms with Crippen LogP contribution in [0.1, 0.15) is 15.9 Å². The van der Waals surface area contributed by atoms with Gasteiger partial charge in [-0.3, -0.25) is 4.79 Å². The van der Waals surface area contributed by atoms with Gasteiger partial charge in [0.05, 0.1) is 10.7 Å². The van der Waals surface area contributed by atoms with Crippen LogP contribution in [0.2, 0.25) is 5.02 Å². The molecule has 0 spiro atoms. The summed E-state index contributed by atoms with van der Waals surface area (Å²) < 4.78 is 10.4. The molecule has 0 saturated heterocycles. The van der Waals surface area contributed by atoms with Gasteiger partial charge in [-0.25, -0.2) is 0 Å². The Bertz CT molecular complexity index is 730. The first-order valence-corrected chi connectivity index (χ1v) is 6.62. The molecule has 108 valence electrons. The molecule has 0 bridgehead atoms. The second-order valence-electron chi connectivity index (χ2n) is 4.67. The van der Waals surface area contributed by atoms with Gasteiger partial charge in [0.15, 0.2) is 11.5 Å². The van der Waals surface area contributed by atoms with Crippen LogP contribution in [0.4, 0.5) is 5.69 Å². The first kappa shape index (κ1) is 13.6. The lowest BCUT2D eigenvalue weighted by Gasteiger charge is -2.09. The minimum atomic E-state index is -0.394. The molecule has 0 aromatic heterocycles. The number of amides is 1. The number of benzene rings is 2. The summed E-state index contributed by atoms with van der Waals surface area (Å²) in [5.41, 5.74) is 1.56. The molecule has 5 nitrogen and oxygen atoms in total. The van der Waals surface area contributed by atoms with E-state index in [4.69, 9.17) is 21.1 Å². The fourth-order valence-corrected chi connectivity index (χ4v) is 2.31. The fraction of sp³-hybridized carbons (Fsp3) is 0.133. The molecule has 1 aliphatic rings. The van der Waals surface area contributed by atoms with Crippen LogP contribution in [0.25, 0.3) is 0 Å². The largest absolute Gasteiger partial charge is 0.506 e. The minimum absolute atomic E-state index is 0.00944. The molecule has 2 N–H and O–H groups in total. The van der Waals surface area contributed by atoms with Gasteiger partial charge in [-0.05, 0) is 36.8 Å². The van der Waals surface area contributed by atoms with E-state index in [2.05, 4.69) is 5.32 Å². The Hall–Kier alpha value is -2.40. The monoisotopic (exact) mass is 305 g/mol. The quantitative estimate of drug-likeness (QED) is 0.835. The summed E-state index contributed by atoms with van der Waals surface area (Å²) in [6, 6.07) is 8.05. The number of ether oxygens (including phenoxy) is 2. The number of nitrogens with one attached hydrogen (secondary N) is 1. The predicted molar refractivity (Wildman–Crippen MR) is 78.4 cm³/mol. The van der Waals surface area contributed by atoms with Crippen molar-refractivity contribution in [2.24, 2.45) is 0 Å². The Morgan fingerprint density at radius 2 is 2.10 bits per heavy atom. The lowest BCUT2D eigenvalue weighted by atomic mass is 10.1. The van der Waals surface area contributed by atoms with E-state index in [-0.39, 0.29) is 12.5 Å². The smallest absolute Gasteiger partial charge is 0.255 e. The molecule has 21 heavy (non-hydrogen) atoms. The Labute approximate surface area is 126 Å². The molecule has 1 aliphatic heterocycles. The molecule has 3 rings (SSSR count). The van der Waals surface area contributed by atoms with Crippen LogP contribution in [0.3, 0.4) is 0 Å². The average Bonchev–Trinajstić information content (AvgIpc) is 2.90. The van der Waals surface area contributed by atoms with Gasteiger partial charge in [-0.2, -0.15) is 0 Å². The molecule has 0 unspecified atom stereocenters. The van der Waals surface area contributed by atoms with E-state index in [0.717, 1.165) is 5.56 Å². The van der Waals surface area contributed by atoms with Crippen molar-refractivity contribution in [2.45, 2.75) is 6.92 Å². The van der Waals surface area contributed by atoms with E-state index < -0.39 is 5.91 Å². The second kappa shape index (κ2) is 5.18. The van der Waals surface area contributed by atoms with E-state index in [1.165, 1.54) is 6.07 Å². The van der Waals surface area contributed by atoms with E-state index in [0.29, 0.717) is 27.8 Å². The molecule has 0 radical (unpaired) electrons. The number of carbonyl (C=O) groups is 1. The lowest BCUT2D eigenvalue weighted by Crippen LogP contribution is -2.12. The van der Waals surface area contributed by atoms with Crippen LogP contribution in [0, 0.1) is 6.92 Å². The Balaban J connectivity index is 1.87. The van der Waals surface area contributed by atoms with E-state index >= 15 is 0 Å². The number of hydrogen-bond donors (Lipinski definition) is 2. The van der Waals surface area contributed by atoms with Gasteiger partial charge in [0, 0.05) is 5.56 Å². The summed E-state index contributed by atoms with van der Waals surface area (Å²) in [6.07, 6.45) is 0. The summed E-state index contributed by atoms with van der Waals surface area (Å²) in [5, 5.41) is 12.7. The summed E-state index contributed by atoms with van der Waals surface area (Å²) in [6.45, 7) is 1.93. The summed E-state index contributed by atoms with van der Waals surface area (Å²) in [7, 11) is 0. The standard InChI is InChI=1S/C15H12ClNO4/c1-8-2-3-11(12(18)4-8)17-15(19)9-5-10(16)14-13(6-9)20-7-21-14/h2-6,18H,7H2,1H3,(H,17,19). The number of phenolic OH excluding ortho intramolecular Hbond substituents is 1. The molecule has 2 aromatic rings. The highest BCUT2D eigenvalue weighted by atomic mass is 35.5. The highest BCUT2D eigenvalue weighted by Gasteiger charge is 2.21. The highest BCUT2D eigenvalue weighted by Crippen LogP contribution is 2.40. The first-order valence-electron chi connectivity index (χ1n) is 6.25. The minimum Gasteiger partial charge on any atom is -0.506 e. The maximum absolute atomic E-state index is 12.2. The number of hydrogen-bond acceptors (Lipinski definition) is 4. The fourth-order valence-electron chi connectivity index (χ4n) is 2.04. The molecular weight excluding hydrogens is 294 g/mol. The SMILES string of the molecule is Cc1ccc(NC(=O)c2cc(Cl)c3c(c2)OCO3)c(O)c1. The van der Waals surface area contributed by atoms with E-state index in [9.17, 15) is 9.90 Å². The maximum Gasteiger partial charge on any atom is 0.255 e. The number of halogens is 1. The van der Waals surface area contributed by atoms with Crippen LogP contribution in [0.15, 0.2) is 30.3 Å². The lowest BCUT2D eigenvalue weighted by molar-refractivity contribution is 0.102. The molecular formula is C15H12ClNO4. The van der Waals surface area contributed by atoms with Crippen molar-refractivity contribution >= 4 is 23.2 Å². The third kappa shape index (κ3) is 2.60. The van der Waals surface area contributed by atoms with Gasteiger partial charge in [-0.15, -0.1) is 0 Å². The van der Waals surface area contributed by atoms with Crippen molar-refractivity contribution in [1.29, 1.82) is 0 Å². The van der Waals surface area contributed by atoms with Crippen LogP contribution < -0.4 is 14.8 Å². The van der Waals surface area contributed by atoms with Crippen molar-refractivity contribution in [3.05, 3.63) is 46.5 Å². The predicted octanol–water partition coefficient (Wildman–Crippen LogP) is 3.34. The van der Waals surface area contributed by atoms with Crippen LogP contribution in [-0.4, -0.2) is 17.8 Å². The Kier molecular flexibility index (Phi) is 3.35. The normalized spacial score (nSPS) is 12.3. The zero-order valence-corrected chi connectivity index (χ0v) is 11.9. The van der Waals surface area contributed by atoms with E-state index in [1.807, 2.05) is 6.92 Å². The van der Waals surface area contributed by atoms with Crippen molar-refractivity contribution < 1.29 is 19.4 Å². The van der Waals surface area contributed by atoms with Crippen molar-refractivity contribution in [3.63, 3.8) is 0 Å². The number of rotatable bonds is 2. The third-order valence-electron chi connectivity index (χ3n) is 3.09. The summed E-state index contributed by atoms with van der Waals surface area (Å²) >= 11 is 6.04. The highest BCUT2D eigenvalue weighted by molar-refractivity contribution is 6.32. The molecule has 0 saturated carbocycles. The van der Waals surface area contributed by atoms with Crippen molar-refractivity contribution in [3.8, 4) is 17.2 Å². The molecule has 0 atom stereocenters. The number of carbonyl (C=O) groups excluding carboxylic acids is 1. The van der Waals surface area contributed by atoms with Crippen LogP contribution in [-0.2, 0) is 0 Å². The number of aryl methyl sites for hydroxylation is 1. The van der Waals surface area contributed by atoms with Crippen LogP contribution in [0.5, 0.6) is 17.2 Å². The number of fused-ring (bicyclic) bond motifs is 1. The number of aromatic hydroxyl groups is 1. The van der Waals surface area contributed by atoms with E-state index in [1.54, 1.807) is 24.3 Å². The molecule has 6 heteroatoms. The maximum atomic E-state index is 12.2. The van der Waals surface area contributed by atoms with Crippen molar-refractivity contribution in [1.82, 2.24) is 0 Å². The topological polar surface area (TPSA) is 67.8 Å². The molecule has 2 aromatic carbocycles. The third-order valence-corrected chi connectivity index (χ3v) is 3.37. The first-order chi connectivity index (χ1) is 10.0. The second-order valence-corrected chi connectivity index (χ2v) is 5.07. The molecule has 1 heterocycles. The zero-order chi connectivity index (χ0) is 15.0. The van der Waals surface area contributed by atoms with Gasteiger partial charge < -0.3 is 19.9 Å². The summed E-state index contributed by atoms with van der Waals surface area (Å²) in [4.78, 5) is 12.2. The Morgan fingerprint density at radius 1 is 1.29 bits per heavy atom. The molecule has 0 fully saturated rings.